The fourth-order valence-corrected chi connectivity index (χ4v) is 3.92. The van der Waals surface area contributed by atoms with Gasteiger partial charge in [-0.1, -0.05) is 60.7 Å². The normalized spacial score (nSPS) is 19.2. The van der Waals surface area contributed by atoms with E-state index in [1.54, 1.807) is 0 Å². The molecular formula is C23H25N3. The van der Waals surface area contributed by atoms with Gasteiger partial charge in [0, 0.05) is 29.8 Å². The molecule has 0 fully saturated rings. The third kappa shape index (κ3) is 3.35. The Labute approximate surface area is 155 Å². The van der Waals surface area contributed by atoms with Crippen LogP contribution < -0.4 is 5.32 Å². The van der Waals surface area contributed by atoms with Crippen molar-refractivity contribution in [2.45, 2.75) is 38.8 Å². The molecule has 0 saturated heterocycles. The third-order valence-electron chi connectivity index (χ3n) is 5.21. The molecule has 0 bridgehead atoms. The van der Waals surface area contributed by atoms with E-state index in [-0.39, 0.29) is 0 Å². The van der Waals surface area contributed by atoms with E-state index in [9.17, 15) is 0 Å². The predicted molar refractivity (Wildman–Crippen MR) is 107 cm³/mol. The Bertz CT molecular complexity index is 894. The molecule has 26 heavy (non-hydrogen) atoms. The zero-order chi connectivity index (χ0) is 17.9. The summed E-state index contributed by atoms with van der Waals surface area (Å²) in [6.45, 7) is 5.21. The van der Waals surface area contributed by atoms with Crippen LogP contribution in [0.4, 0.5) is 0 Å². The van der Waals surface area contributed by atoms with E-state index in [0.29, 0.717) is 12.0 Å². The Balaban J connectivity index is 1.48. The SMILES string of the molecule is Cc1nn(-c2ccccc2)c(C)c1[C@H]1C=C[C@@H](NCc2ccccc2)C1. The van der Waals surface area contributed by atoms with Gasteiger partial charge in [0.2, 0.25) is 0 Å². The summed E-state index contributed by atoms with van der Waals surface area (Å²) in [4.78, 5) is 0. The molecule has 0 aliphatic heterocycles. The lowest BCUT2D eigenvalue weighted by Crippen LogP contribution is -2.25. The highest BCUT2D eigenvalue weighted by Gasteiger charge is 2.25. The quantitative estimate of drug-likeness (QED) is 0.681. The van der Waals surface area contributed by atoms with Gasteiger partial charge in [-0.2, -0.15) is 5.10 Å². The largest absolute Gasteiger partial charge is 0.306 e. The topological polar surface area (TPSA) is 29.9 Å². The van der Waals surface area contributed by atoms with Crippen LogP contribution in [0.15, 0.2) is 72.8 Å². The molecule has 1 heterocycles. The molecule has 132 valence electrons. The van der Waals surface area contributed by atoms with E-state index in [4.69, 9.17) is 5.10 Å². The van der Waals surface area contributed by atoms with Gasteiger partial charge >= 0.3 is 0 Å². The van der Waals surface area contributed by atoms with Gasteiger partial charge in [-0.15, -0.1) is 0 Å². The molecule has 1 aromatic heterocycles. The molecule has 3 nitrogen and oxygen atoms in total. The molecule has 1 N–H and O–H groups in total. The highest BCUT2D eigenvalue weighted by molar-refractivity contribution is 5.41. The van der Waals surface area contributed by atoms with Crippen molar-refractivity contribution in [3.05, 3.63) is 95.3 Å². The summed E-state index contributed by atoms with van der Waals surface area (Å²) in [5, 5.41) is 8.47. The fourth-order valence-electron chi connectivity index (χ4n) is 3.92. The average molecular weight is 343 g/mol. The van der Waals surface area contributed by atoms with E-state index >= 15 is 0 Å². The van der Waals surface area contributed by atoms with E-state index in [1.165, 1.54) is 16.8 Å². The smallest absolute Gasteiger partial charge is 0.0648 e. The summed E-state index contributed by atoms with van der Waals surface area (Å²) in [6.07, 6.45) is 5.75. The number of aromatic nitrogens is 2. The summed E-state index contributed by atoms with van der Waals surface area (Å²) in [7, 11) is 0. The maximum Gasteiger partial charge on any atom is 0.0648 e. The summed E-state index contributed by atoms with van der Waals surface area (Å²) < 4.78 is 2.07. The number of hydrogen-bond acceptors (Lipinski definition) is 2. The maximum atomic E-state index is 4.81. The number of rotatable bonds is 5. The van der Waals surface area contributed by atoms with Crippen molar-refractivity contribution in [2.24, 2.45) is 0 Å². The van der Waals surface area contributed by atoms with Crippen molar-refractivity contribution in [1.82, 2.24) is 15.1 Å². The molecule has 1 aliphatic rings. The second-order valence-electron chi connectivity index (χ2n) is 7.03. The number of nitrogens with zero attached hydrogens (tertiary/aromatic N) is 2. The first-order chi connectivity index (χ1) is 12.7. The van der Waals surface area contributed by atoms with Gasteiger partial charge < -0.3 is 5.32 Å². The minimum Gasteiger partial charge on any atom is -0.306 e. The number of aryl methyl sites for hydroxylation is 1. The lowest BCUT2D eigenvalue weighted by Gasteiger charge is -2.15. The first kappa shape index (κ1) is 16.8. The standard InChI is InChI=1S/C23H25N3/c1-17-23(18(2)26(25-17)22-11-7-4-8-12-22)20-13-14-21(15-20)24-16-19-9-5-3-6-10-19/h3-14,20-21,24H,15-16H2,1-2H3/t20-,21+/m0/s1. The Kier molecular flexibility index (Phi) is 4.72. The van der Waals surface area contributed by atoms with Crippen LogP contribution in [0.25, 0.3) is 5.69 Å². The Morgan fingerprint density at radius 1 is 0.962 bits per heavy atom. The molecule has 0 unspecified atom stereocenters. The van der Waals surface area contributed by atoms with E-state index in [2.05, 4.69) is 90.6 Å². The number of para-hydroxylation sites is 1. The van der Waals surface area contributed by atoms with Crippen LogP contribution in [-0.2, 0) is 6.54 Å². The van der Waals surface area contributed by atoms with Gasteiger partial charge in [0.1, 0.15) is 0 Å². The van der Waals surface area contributed by atoms with Crippen LogP contribution in [0.5, 0.6) is 0 Å². The highest BCUT2D eigenvalue weighted by atomic mass is 15.3. The maximum absolute atomic E-state index is 4.81. The second-order valence-corrected chi connectivity index (χ2v) is 7.03. The number of hydrogen-bond donors (Lipinski definition) is 1. The summed E-state index contributed by atoms with van der Waals surface area (Å²) in [5.74, 6) is 0.431. The van der Waals surface area contributed by atoms with Crippen molar-refractivity contribution in [1.29, 1.82) is 0 Å². The molecule has 3 aromatic rings. The highest BCUT2D eigenvalue weighted by Crippen LogP contribution is 2.33. The molecule has 0 amide bonds. The molecule has 3 heteroatoms. The average Bonchev–Trinajstić information content (AvgIpc) is 3.25. The summed E-state index contributed by atoms with van der Waals surface area (Å²) in [6, 6.07) is 21.4. The van der Waals surface area contributed by atoms with Gasteiger partial charge in [-0.25, -0.2) is 4.68 Å². The van der Waals surface area contributed by atoms with Crippen LogP contribution in [0.2, 0.25) is 0 Å². The summed E-state index contributed by atoms with van der Waals surface area (Å²) >= 11 is 0. The first-order valence-electron chi connectivity index (χ1n) is 9.29. The second kappa shape index (κ2) is 7.30. The monoisotopic (exact) mass is 343 g/mol. The minimum atomic E-state index is 0.416. The molecule has 2 atom stereocenters. The number of allylic oxidation sites excluding steroid dienone is 1. The van der Waals surface area contributed by atoms with Crippen LogP contribution in [0, 0.1) is 13.8 Å². The van der Waals surface area contributed by atoms with Gasteiger partial charge in [0.05, 0.1) is 11.4 Å². The molecule has 2 aromatic carbocycles. The zero-order valence-corrected chi connectivity index (χ0v) is 15.4. The molecule has 1 aliphatic carbocycles. The van der Waals surface area contributed by atoms with Gasteiger partial charge in [0.25, 0.3) is 0 Å². The van der Waals surface area contributed by atoms with Crippen LogP contribution in [0.1, 0.15) is 34.9 Å². The summed E-state index contributed by atoms with van der Waals surface area (Å²) in [5.41, 5.74) is 6.19. The molecular weight excluding hydrogens is 318 g/mol. The Hall–Kier alpha value is -2.65. The molecule has 0 spiro atoms. The van der Waals surface area contributed by atoms with Crippen molar-refractivity contribution >= 4 is 0 Å². The van der Waals surface area contributed by atoms with E-state index < -0.39 is 0 Å². The predicted octanol–water partition coefficient (Wildman–Crippen LogP) is 4.69. The molecule has 4 rings (SSSR count). The van der Waals surface area contributed by atoms with Gasteiger partial charge in [-0.3, -0.25) is 0 Å². The number of nitrogens with one attached hydrogen (secondary N) is 1. The van der Waals surface area contributed by atoms with E-state index in [1.807, 2.05) is 6.07 Å². The zero-order valence-electron chi connectivity index (χ0n) is 15.4. The van der Waals surface area contributed by atoms with Gasteiger partial charge in [-0.05, 0) is 38.0 Å². The minimum absolute atomic E-state index is 0.416. The lowest BCUT2D eigenvalue weighted by atomic mass is 9.96. The van der Waals surface area contributed by atoms with Crippen LogP contribution in [0.3, 0.4) is 0 Å². The first-order valence-corrected chi connectivity index (χ1v) is 9.29. The number of benzene rings is 2. The Morgan fingerprint density at radius 3 is 2.38 bits per heavy atom. The Morgan fingerprint density at radius 2 is 1.65 bits per heavy atom. The lowest BCUT2D eigenvalue weighted by molar-refractivity contribution is 0.559. The molecule has 0 saturated carbocycles. The van der Waals surface area contributed by atoms with Crippen molar-refractivity contribution in [2.75, 3.05) is 0 Å². The van der Waals surface area contributed by atoms with Crippen LogP contribution >= 0.6 is 0 Å². The van der Waals surface area contributed by atoms with Crippen LogP contribution in [-0.4, -0.2) is 15.8 Å². The molecule has 0 radical (unpaired) electrons. The third-order valence-corrected chi connectivity index (χ3v) is 5.21. The van der Waals surface area contributed by atoms with Gasteiger partial charge in [0.15, 0.2) is 0 Å². The van der Waals surface area contributed by atoms with E-state index in [0.717, 1.165) is 24.3 Å². The van der Waals surface area contributed by atoms with Crippen molar-refractivity contribution < 1.29 is 0 Å². The van der Waals surface area contributed by atoms with Crippen molar-refractivity contribution in [3.63, 3.8) is 0 Å². The van der Waals surface area contributed by atoms with Crippen molar-refractivity contribution in [3.8, 4) is 5.69 Å². The fraction of sp³-hybridized carbons (Fsp3) is 0.261.